The molecule has 1 aromatic heterocycles. The second-order valence-corrected chi connectivity index (χ2v) is 8.73. The Kier molecular flexibility index (Phi) is 5.06. The van der Waals surface area contributed by atoms with E-state index in [1.807, 2.05) is 59.0 Å². The van der Waals surface area contributed by atoms with Crippen LogP contribution in [0.3, 0.4) is 0 Å². The molecule has 0 unspecified atom stereocenters. The number of rotatable bonds is 5. The standard InChI is InChI=1S/C24H29N5O2/c1-26-18-29(19-8-3-2-4-9-19)24(22(26)30)12-16-27(17-13-24)14-7-15-28-21-11-6-5-10-20(21)25-23(28)31/h2-6,8-11H,7,12-18H2,1H3,(H,25,31). The number of para-hydroxylation sites is 3. The number of aryl methyl sites for hydroxylation is 1. The quantitative estimate of drug-likeness (QED) is 0.690. The summed E-state index contributed by atoms with van der Waals surface area (Å²) in [7, 11) is 1.90. The number of nitrogens with zero attached hydrogens (tertiary/aromatic N) is 4. The summed E-state index contributed by atoms with van der Waals surface area (Å²) in [5.41, 5.74) is 2.49. The van der Waals surface area contributed by atoms with Crippen LogP contribution in [-0.4, -0.2) is 64.1 Å². The van der Waals surface area contributed by atoms with Crippen LogP contribution < -0.4 is 10.6 Å². The summed E-state index contributed by atoms with van der Waals surface area (Å²) in [4.78, 5) is 34.9. The van der Waals surface area contributed by atoms with Crippen LogP contribution in [0.25, 0.3) is 11.0 Å². The second-order valence-electron chi connectivity index (χ2n) is 8.73. The lowest BCUT2D eigenvalue weighted by Gasteiger charge is -2.43. The van der Waals surface area contributed by atoms with E-state index >= 15 is 0 Å². The maximum absolute atomic E-state index is 13.1. The number of likely N-dealkylation sites (tertiary alicyclic amines) is 1. The van der Waals surface area contributed by atoms with E-state index in [-0.39, 0.29) is 11.6 Å². The first-order valence-corrected chi connectivity index (χ1v) is 11.1. The zero-order valence-electron chi connectivity index (χ0n) is 18.0. The number of benzene rings is 2. The van der Waals surface area contributed by atoms with Crippen LogP contribution in [0.4, 0.5) is 5.69 Å². The maximum atomic E-state index is 13.1. The summed E-state index contributed by atoms with van der Waals surface area (Å²) >= 11 is 0. The van der Waals surface area contributed by atoms with Crippen molar-refractivity contribution >= 4 is 22.6 Å². The van der Waals surface area contributed by atoms with Crippen molar-refractivity contribution in [3.05, 3.63) is 65.1 Å². The number of fused-ring (bicyclic) bond motifs is 1. The van der Waals surface area contributed by atoms with Crippen LogP contribution in [-0.2, 0) is 11.3 Å². The molecule has 1 amide bonds. The van der Waals surface area contributed by atoms with Crippen molar-refractivity contribution in [2.24, 2.45) is 0 Å². The number of H-pyrrole nitrogens is 1. The number of carbonyl (C=O) groups excluding carboxylic acids is 1. The molecule has 2 fully saturated rings. The number of imidazole rings is 1. The SMILES string of the molecule is CN1CN(c2ccccc2)C2(CCN(CCCn3c(=O)[nH]c4ccccc43)CC2)C1=O. The fourth-order valence-electron chi connectivity index (χ4n) is 5.23. The van der Waals surface area contributed by atoms with Gasteiger partial charge < -0.3 is 19.7 Å². The molecule has 2 aromatic carbocycles. The summed E-state index contributed by atoms with van der Waals surface area (Å²) in [6.07, 6.45) is 2.57. The van der Waals surface area contributed by atoms with Crippen LogP contribution in [0.1, 0.15) is 19.3 Å². The van der Waals surface area contributed by atoms with Crippen LogP contribution in [0.2, 0.25) is 0 Å². The smallest absolute Gasteiger partial charge is 0.326 e. The molecule has 0 atom stereocenters. The van der Waals surface area contributed by atoms with E-state index in [2.05, 4.69) is 26.9 Å². The Morgan fingerprint density at radius 3 is 2.42 bits per heavy atom. The molecule has 0 bridgehead atoms. The molecule has 7 heteroatoms. The number of anilines is 1. The van der Waals surface area contributed by atoms with Gasteiger partial charge in [-0.3, -0.25) is 9.36 Å². The van der Waals surface area contributed by atoms with Crippen LogP contribution in [0.15, 0.2) is 59.4 Å². The molecule has 162 valence electrons. The molecule has 1 N–H and O–H groups in total. The van der Waals surface area contributed by atoms with Crippen molar-refractivity contribution in [3.63, 3.8) is 0 Å². The minimum absolute atomic E-state index is 0.0445. The molecule has 3 heterocycles. The van der Waals surface area contributed by atoms with Crippen molar-refractivity contribution in [3.8, 4) is 0 Å². The Morgan fingerprint density at radius 2 is 1.65 bits per heavy atom. The number of amides is 1. The fraction of sp³-hybridized carbons (Fsp3) is 0.417. The zero-order chi connectivity index (χ0) is 21.4. The lowest BCUT2D eigenvalue weighted by molar-refractivity contribution is -0.132. The van der Waals surface area contributed by atoms with Crippen molar-refractivity contribution in [2.45, 2.75) is 31.3 Å². The Balaban J connectivity index is 1.23. The summed E-state index contributed by atoms with van der Waals surface area (Å²) in [5.74, 6) is 0.237. The van der Waals surface area contributed by atoms with Gasteiger partial charge in [0, 0.05) is 32.4 Å². The summed E-state index contributed by atoms with van der Waals surface area (Å²) in [5, 5.41) is 0. The molecule has 2 saturated heterocycles. The highest BCUT2D eigenvalue weighted by atomic mass is 16.2. The van der Waals surface area contributed by atoms with E-state index in [0.29, 0.717) is 13.2 Å². The Labute approximate surface area is 181 Å². The van der Waals surface area contributed by atoms with E-state index in [1.54, 1.807) is 0 Å². The topological polar surface area (TPSA) is 64.6 Å². The van der Waals surface area contributed by atoms with Gasteiger partial charge in [-0.2, -0.15) is 0 Å². The molecule has 0 radical (unpaired) electrons. The van der Waals surface area contributed by atoms with Gasteiger partial charge in [0.25, 0.3) is 0 Å². The number of carbonyl (C=O) groups is 1. The molecule has 7 nitrogen and oxygen atoms in total. The number of aromatic amines is 1. The normalized spacial score (nSPS) is 19.1. The molecular weight excluding hydrogens is 390 g/mol. The van der Waals surface area contributed by atoms with E-state index in [1.165, 1.54) is 0 Å². The first-order chi connectivity index (χ1) is 15.1. The van der Waals surface area contributed by atoms with Crippen LogP contribution in [0, 0.1) is 0 Å². The number of piperidine rings is 1. The molecule has 3 aromatic rings. The Hall–Kier alpha value is -3.06. The van der Waals surface area contributed by atoms with Crippen LogP contribution >= 0.6 is 0 Å². The van der Waals surface area contributed by atoms with Gasteiger partial charge in [-0.15, -0.1) is 0 Å². The Bertz CT molecular complexity index is 1130. The molecular formula is C24H29N5O2. The number of aromatic nitrogens is 2. The lowest BCUT2D eigenvalue weighted by Crippen LogP contribution is -2.56. The minimum atomic E-state index is -0.430. The molecule has 2 aliphatic heterocycles. The van der Waals surface area contributed by atoms with Gasteiger partial charge in [0.15, 0.2) is 0 Å². The fourth-order valence-corrected chi connectivity index (χ4v) is 5.23. The average molecular weight is 420 g/mol. The first kappa shape index (κ1) is 19.9. The number of nitrogens with one attached hydrogen (secondary N) is 1. The maximum Gasteiger partial charge on any atom is 0.326 e. The average Bonchev–Trinajstić information content (AvgIpc) is 3.24. The lowest BCUT2D eigenvalue weighted by atomic mass is 9.85. The van der Waals surface area contributed by atoms with Crippen molar-refractivity contribution < 1.29 is 4.79 Å². The van der Waals surface area contributed by atoms with Gasteiger partial charge in [-0.05, 0) is 50.1 Å². The third-order valence-corrected chi connectivity index (χ3v) is 6.90. The van der Waals surface area contributed by atoms with Gasteiger partial charge in [0.2, 0.25) is 5.91 Å². The predicted octanol–water partition coefficient (Wildman–Crippen LogP) is 2.49. The highest BCUT2D eigenvalue weighted by Crippen LogP contribution is 2.38. The van der Waals surface area contributed by atoms with Crippen LogP contribution in [0.5, 0.6) is 0 Å². The number of hydrogen-bond donors (Lipinski definition) is 1. The molecule has 2 aliphatic rings. The summed E-state index contributed by atoms with van der Waals surface area (Å²) in [6.45, 7) is 4.06. The zero-order valence-corrected chi connectivity index (χ0v) is 18.0. The third-order valence-electron chi connectivity index (χ3n) is 6.90. The number of likely N-dealkylation sites (N-methyl/N-ethyl adjacent to an activating group) is 1. The van der Waals surface area contributed by atoms with Crippen molar-refractivity contribution in [1.82, 2.24) is 19.4 Å². The van der Waals surface area contributed by atoms with E-state index in [0.717, 1.165) is 55.6 Å². The highest BCUT2D eigenvalue weighted by molar-refractivity contribution is 5.93. The summed E-state index contributed by atoms with van der Waals surface area (Å²) in [6, 6.07) is 18.1. The Morgan fingerprint density at radius 1 is 0.935 bits per heavy atom. The third kappa shape index (κ3) is 3.43. The first-order valence-electron chi connectivity index (χ1n) is 11.1. The molecule has 0 saturated carbocycles. The predicted molar refractivity (Wildman–Crippen MR) is 122 cm³/mol. The number of hydrogen-bond acceptors (Lipinski definition) is 4. The van der Waals surface area contributed by atoms with Gasteiger partial charge in [-0.1, -0.05) is 30.3 Å². The molecule has 5 rings (SSSR count). The molecule has 31 heavy (non-hydrogen) atoms. The van der Waals surface area contributed by atoms with Crippen molar-refractivity contribution in [2.75, 3.05) is 38.3 Å². The highest BCUT2D eigenvalue weighted by Gasteiger charge is 2.52. The van der Waals surface area contributed by atoms with E-state index in [4.69, 9.17) is 0 Å². The van der Waals surface area contributed by atoms with Gasteiger partial charge in [0.1, 0.15) is 5.54 Å². The van der Waals surface area contributed by atoms with Gasteiger partial charge in [0.05, 0.1) is 17.7 Å². The van der Waals surface area contributed by atoms with Crippen molar-refractivity contribution in [1.29, 1.82) is 0 Å². The largest absolute Gasteiger partial charge is 0.339 e. The van der Waals surface area contributed by atoms with Gasteiger partial charge in [-0.25, -0.2) is 4.79 Å². The molecule has 0 aliphatic carbocycles. The monoisotopic (exact) mass is 419 g/mol. The summed E-state index contributed by atoms with van der Waals surface area (Å²) < 4.78 is 1.83. The van der Waals surface area contributed by atoms with E-state index in [9.17, 15) is 9.59 Å². The second kappa shape index (κ2) is 7.89. The molecule has 1 spiro atoms. The minimum Gasteiger partial charge on any atom is -0.339 e. The van der Waals surface area contributed by atoms with E-state index < -0.39 is 5.54 Å². The van der Waals surface area contributed by atoms with Gasteiger partial charge >= 0.3 is 5.69 Å².